The van der Waals surface area contributed by atoms with Crippen LogP contribution in [0.4, 0.5) is 0 Å². The van der Waals surface area contributed by atoms with Gasteiger partial charge in [0.05, 0.1) is 25.4 Å². The largest absolute Gasteiger partial charge is 0.394 e. The molecule has 0 saturated carbocycles. The highest BCUT2D eigenvalue weighted by molar-refractivity contribution is 5.80. The van der Waals surface area contributed by atoms with Gasteiger partial charge in [-0.3, -0.25) is 4.79 Å². The maximum atomic E-state index is 13.0. The summed E-state index contributed by atoms with van der Waals surface area (Å²) >= 11 is 0. The van der Waals surface area contributed by atoms with Crippen LogP contribution in [0.3, 0.4) is 0 Å². The van der Waals surface area contributed by atoms with Crippen molar-refractivity contribution in [3.8, 4) is 0 Å². The van der Waals surface area contributed by atoms with E-state index in [1.54, 1.807) is 6.08 Å². The quantitative estimate of drug-likeness (QED) is 0.0250. The van der Waals surface area contributed by atoms with Gasteiger partial charge in [0.2, 0.25) is 5.91 Å². The zero-order valence-electron chi connectivity index (χ0n) is 34.3. The number of unbranched alkanes of at least 4 members (excludes halogenated alkanes) is 23. The highest BCUT2D eigenvalue weighted by Gasteiger charge is 2.44. The van der Waals surface area contributed by atoms with E-state index in [2.05, 4.69) is 31.3 Å². The molecule has 0 unspecified atom stereocenters. The van der Waals surface area contributed by atoms with Gasteiger partial charge in [0, 0.05) is 0 Å². The third kappa shape index (κ3) is 25.0. The van der Waals surface area contributed by atoms with E-state index in [0.29, 0.717) is 19.3 Å². The maximum Gasteiger partial charge on any atom is 0.249 e. The minimum atomic E-state index is -1.61. The lowest BCUT2D eigenvalue weighted by Gasteiger charge is -2.40. The molecule has 0 aromatic heterocycles. The fourth-order valence-electron chi connectivity index (χ4n) is 6.94. The molecule has 1 fully saturated rings. The van der Waals surface area contributed by atoms with Crippen LogP contribution in [-0.4, -0.2) is 98.7 Å². The molecule has 318 valence electrons. The number of nitrogens with one attached hydrogen (secondary N) is 1. The monoisotopic (exact) mass is 770 g/mol. The van der Waals surface area contributed by atoms with Gasteiger partial charge in [-0.15, -0.1) is 0 Å². The minimum Gasteiger partial charge on any atom is -0.394 e. The first-order valence-electron chi connectivity index (χ1n) is 22.2. The first kappa shape index (κ1) is 50.6. The number of carbonyl (C=O) groups excluding carboxylic acids is 1. The van der Waals surface area contributed by atoms with E-state index in [9.17, 15) is 35.4 Å². The highest BCUT2D eigenvalue weighted by atomic mass is 16.7. The number of carbonyl (C=O) groups is 1. The summed E-state index contributed by atoms with van der Waals surface area (Å²) in [6.45, 7) is 3.57. The van der Waals surface area contributed by atoms with Gasteiger partial charge in [0.15, 0.2) is 6.29 Å². The van der Waals surface area contributed by atoms with Gasteiger partial charge >= 0.3 is 0 Å². The van der Waals surface area contributed by atoms with Gasteiger partial charge in [-0.2, -0.15) is 0 Å². The molecule has 1 amide bonds. The molecule has 0 radical (unpaired) electrons. The van der Waals surface area contributed by atoms with Gasteiger partial charge < -0.3 is 45.4 Å². The Kier molecular flexibility index (Phi) is 32.7. The predicted octanol–water partition coefficient (Wildman–Crippen LogP) is 7.69. The molecule has 7 N–H and O–H groups in total. The number of aliphatic hydroxyl groups excluding tert-OH is 6. The molecule has 54 heavy (non-hydrogen) atoms. The van der Waals surface area contributed by atoms with Crippen molar-refractivity contribution in [3.05, 3.63) is 24.3 Å². The van der Waals surface area contributed by atoms with Crippen LogP contribution >= 0.6 is 0 Å². The molecule has 0 aromatic carbocycles. The molecule has 0 aromatic rings. The van der Waals surface area contributed by atoms with Crippen molar-refractivity contribution in [2.45, 2.75) is 236 Å². The third-order valence-corrected chi connectivity index (χ3v) is 10.6. The van der Waals surface area contributed by atoms with Crippen LogP contribution in [0.2, 0.25) is 0 Å². The Hall–Kier alpha value is -1.37. The van der Waals surface area contributed by atoms with E-state index in [-0.39, 0.29) is 6.61 Å². The van der Waals surface area contributed by atoms with Crippen LogP contribution in [0.5, 0.6) is 0 Å². The summed E-state index contributed by atoms with van der Waals surface area (Å²) in [6.07, 6.45) is 29.8. The summed E-state index contributed by atoms with van der Waals surface area (Å²) in [4.78, 5) is 13.0. The second-order valence-corrected chi connectivity index (χ2v) is 15.6. The van der Waals surface area contributed by atoms with Crippen molar-refractivity contribution in [3.63, 3.8) is 0 Å². The molecule has 8 atom stereocenters. The average Bonchev–Trinajstić information content (AvgIpc) is 3.17. The Morgan fingerprint density at radius 2 is 1.09 bits per heavy atom. The highest BCUT2D eigenvalue weighted by Crippen LogP contribution is 2.22. The molecular weight excluding hydrogens is 686 g/mol. The molecule has 0 spiro atoms. The lowest BCUT2D eigenvalue weighted by atomic mass is 9.99. The number of rotatable bonds is 36. The van der Waals surface area contributed by atoms with Crippen molar-refractivity contribution in [1.29, 1.82) is 0 Å². The molecular formula is C44H83NO9. The summed E-state index contributed by atoms with van der Waals surface area (Å²) in [6, 6.07) is -0.991. The zero-order chi connectivity index (χ0) is 39.7. The van der Waals surface area contributed by atoms with Crippen molar-refractivity contribution in [2.75, 3.05) is 13.2 Å². The second-order valence-electron chi connectivity index (χ2n) is 15.6. The minimum absolute atomic E-state index is 0.307. The molecule has 0 aliphatic carbocycles. The Morgan fingerprint density at radius 1 is 0.630 bits per heavy atom. The topological polar surface area (TPSA) is 169 Å². The SMILES string of the molecule is CCCCCCCCC/C=C\CC/C=C\[C@@H](O)[C@H](CO[C@@H]1O[C@H](CO)[C@@H](O)[C@H](O)[C@H]1O)NC(=O)[C@@H](O)CCCCCCCCCCCCCCCCCC. The molecule has 10 heteroatoms. The van der Waals surface area contributed by atoms with Gasteiger partial charge in [-0.25, -0.2) is 0 Å². The van der Waals surface area contributed by atoms with Crippen molar-refractivity contribution in [1.82, 2.24) is 5.32 Å². The van der Waals surface area contributed by atoms with Crippen molar-refractivity contribution < 1.29 is 44.9 Å². The molecule has 1 aliphatic rings. The number of allylic oxidation sites excluding steroid dienone is 3. The lowest BCUT2D eigenvalue weighted by molar-refractivity contribution is -0.302. The van der Waals surface area contributed by atoms with E-state index in [0.717, 1.165) is 32.1 Å². The number of aliphatic hydroxyl groups is 6. The fraction of sp³-hybridized carbons (Fsp3) is 0.886. The number of ether oxygens (including phenoxy) is 2. The third-order valence-electron chi connectivity index (χ3n) is 10.6. The molecule has 1 saturated heterocycles. The van der Waals surface area contributed by atoms with Gasteiger partial charge in [-0.05, 0) is 32.1 Å². The van der Waals surface area contributed by atoms with E-state index in [1.807, 2.05) is 6.08 Å². The van der Waals surface area contributed by atoms with Crippen LogP contribution in [0, 0.1) is 0 Å². The van der Waals surface area contributed by atoms with Gasteiger partial charge in [-0.1, -0.05) is 179 Å². The first-order chi connectivity index (χ1) is 26.3. The predicted molar refractivity (Wildman–Crippen MR) is 218 cm³/mol. The summed E-state index contributed by atoms with van der Waals surface area (Å²) in [7, 11) is 0. The molecule has 1 rings (SSSR count). The summed E-state index contributed by atoms with van der Waals surface area (Å²) in [5.41, 5.74) is 0. The summed E-state index contributed by atoms with van der Waals surface area (Å²) in [5, 5.41) is 64.5. The van der Waals surface area contributed by atoms with Crippen molar-refractivity contribution in [2.24, 2.45) is 0 Å². The Morgan fingerprint density at radius 3 is 1.61 bits per heavy atom. The molecule has 1 aliphatic heterocycles. The first-order valence-corrected chi connectivity index (χ1v) is 22.2. The van der Waals surface area contributed by atoms with E-state index in [1.165, 1.54) is 122 Å². The van der Waals surface area contributed by atoms with Gasteiger partial charge in [0.25, 0.3) is 0 Å². The number of hydrogen-bond donors (Lipinski definition) is 7. The number of hydrogen-bond acceptors (Lipinski definition) is 9. The number of amides is 1. The normalized spacial score (nSPS) is 22.3. The van der Waals surface area contributed by atoms with E-state index >= 15 is 0 Å². The summed E-state index contributed by atoms with van der Waals surface area (Å²) in [5.74, 6) is -0.626. The molecule has 10 nitrogen and oxygen atoms in total. The van der Waals surface area contributed by atoms with Crippen LogP contribution in [0.15, 0.2) is 24.3 Å². The van der Waals surface area contributed by atoms with E-state index < -0.39 is 61.5 Å². The van der Waals surface area contributed by atoms with Gasteiger partial charge in [0.1, 0.15) is 30.5 Å². The zero-order valence-corrected chi connectivity index (χ0v) is 34.3. The molecule has 0 bridgehead atoms. The fourth-order valence-corrected chi connectivity index (χ4v) is 6.94. The second kappa shape index (κ2) is 34.8. The van der Waals surface area contributed by atoms with E-state index in [4.69, 9.17) is 9.47 Å². The Balaban J connectivity index is 2.45. The standard InChI is InChI=1S/C44H83NO9/c1-3-5-7-9-11-13-15-17-18-19-21-23-25-27-29-31-33-38(48)43(52)45-36(35-53-44-42(51)41(50)40(49)39(34-46)54-44)37(47)32-30-28-26-24-22-20-16-14-12-10-8-6-4-2/h22,24,30,32,36-42,44,46-51H,3-21,23,25-29,31,33-35H2,1-2H3,(H,45,52)/b24-22-,32-30-/t36-,37+,38-,39+,40+,41-,42+,44+/m0/s1. The lowest BCUT2D eigenvalue weighted by Crippen LogP contribution is -2.60. The van der Waals surface area contributed by atoms with Crippen LogP contribution in [0.25, 0.3) is 0 Å². The molecule has 1 heterocycles. The Labute approximate surface area is 329 Å². The Bertz CT molecular complexity index is 916. The van der Waals surface area contributed by atoms with Crippen LogP contribution < -0.4 is 5.32 Å². The average molecular weight is 770 g/mol. The smallest absolute Gasteiger partial charge is 0.249 e. The summed E-state index contributed by atoms with van der Waals surface area (Å²) < 4.78 is 11.1. The van der Waals surface area contributed by atoms with Crippen LogP contribution in [-0.2, 0) is 14.3 Å². The maximum absolute atomic E-state index is 13.0. The van der Waals surface area contributed by atoms with Crippen LogP contribution in [0.1, 0.15) is 187 Å². The van der Waals surface area contributed by atoms with Crippen molar-refractivity contribution >= 4 is 5.91 Å².